The summed E-state index contributed by atoms with van der Waals surface area (Å²) in [5.74, 6) is 0.169. The number of hydrogen-bond acceptors (Lipinski definition) is 4. The predicted octanol–water partition coefficient (Wildman–Crippen LogP) is 3.08. The number of aromatic hydroxyl groups is 1. The fraction of sp³-hybridized carbons (Fsp3) is 0.125. The number of phenols is 1. The van der Waals surface area contributed by atoms with Gasteiger partial charge in [0.15, 0.2) is 11.5 Å². The molecule has 0 radical (unpaired) electrons. The molecule has 0 aromatic heterocycles. The van der Waals surface area contributed by atoms with Gasteiger partial charge in [-0.3, -0.25) is 4.79 Å². The second-order valence-electron chi connectivity index (χ2n) is 4.62. The zero-order valence-corrected chi connectivity index (χ0v) is 14.3. The monoisotopic (exact) mass is 410 g/mol. The fourth-order valence-corrected chi connectivity index (χ4v) is 2.47. The van der Waals surface area contributed by atoms with Crippen LogP contribution in [-0.2, 0) is 0 Å². The lowest BCUT2D eigenvalue weighted by Crippen LogP contribution is -2.17. The van der Waals surface area contributed by atoms with E-state index in [4.69, 9.17) is 4.74 Å². The molecule has 0 aliphatic carbocycles. The highest BCUT2D eigenvalue weighted by Gasteiger charge is 2.08. The summed E-state index contributed by atoms with van der Waals surface area (Å²) in [5.41, 5.74) is 4.74. The molecule has 2 aromatic rings. The third kappa shape index (κ3) is 3.97. The number of nitrogens with one attached hydrogen (secondary N) is 1. The minimum atomic E-state index is -0.277. The van der Waals surface area contributed by atoms with Crippen molar-refractivity contribution in [3.8, 4) is 11.5 Å². The smallest absolute Gasteiger partial charge is 0.271 e. The van der Waals surface area contributed by atoms with Gasteiger partial charge in [-0.25, -0.2) is 5.43 Å². The van der Waals surface area contributed by atoms with E-state index >= 15 is 0 Å². The van der Waals surface area contributed by atoms with Gasteiger partial charge in [0.05, 0.1) is 16.9 Å². The first-order chi connectivity index (χ1) is 10.5. The molecule has 0 saturated heterocycles. The Labute approximate surface area is 142 Å². The first-order valence-electron chi connectivity index (χ1n) is 6.48. The normalized spacial score (nSPS) is 10.7. The lowest BCUT2D eigenvalue weighted by atomic mass is 10.1. The molecule has 114 valence electrons. The number of nitrogens with zero attached hydrogens (tertiary/aromatic N) is 1. The molecule has 0 aliphatic heterocycles. The van der Waals surface area contributed by atoms with Gasteiger partial charge in [-0.05, 0) is 59.3 Å². The first kappa shape index (κ1) is 16.3. The molecule has 0 spiro atoms. The maximum atomic E-state index is 11.9. The molecule has 6 heteroatoms. The summed E-state index contributed by atoms with van der Waals surface area (Å²) < 4.78 is 5.71. The number of amides is 1. The Balaban J connectivity index is 2.10. The molecule has 0 fully saturated rings. The zero-order valence-electron chi connectivity index (χ0n) is 12.1. The van der Waals surface area contributed by atoms with Crippen LogP contribution in [0.5, 0.6) is 11.5 Å². The number of aryl methyl sites for hydroxylation is 1. The Bertz CT molecular complexity index is 729. The Hall–Kier alpha value is -2.09. The highest BCUT2D eigenvalue weighted by molar-refractivity contribution is 14.1. The number of phenolic OH excluding ortho intramolecular Hbond substituents is 1. The molecule has 0 saturated carbocycles. The summed E-state index contributed by atoms with van der Waals surface area (Å²) in [4.78, 5) is 11.9. The van der Waals surface area contributed by atoms with Crippen LogP contribution in [0.3, 0.4) is 0 Å². The number of hydrogen-bond donors (Lipinski definition) is 2. The number of halogens is 1. The molecule has 0 unspecified atom stereocenters. The van der Waals surface area contributed by atoms with Gasteiger partial charge in [-0.2, -0.15) is 5.10 Å². The van der Waals surface area contributed by atoms with Crippen LogP contribution in [0.15, 0.2) is 41.5 Å². The summed E-state index contributed by atoms with van der Waals surface area (Å²) in [6.07, 6.45) is 1.50. The quantitative estimate of drug-likeness (QED) is 0.463. The molecule has 0 aliphatic rings. The fourth-order valence-electron chi connectivity index (χ4n) is 1.84. The van der Waals surface area contributed by atoms with Crippen molar-refractivity contribution in [1.82, 2.24) is 5.43 Å². The predicted molar refractivity (Wildman–Crippen MR) is 93.6 cm³/mol. The van der Waals surface area contributed by atoms with Crippen LogP contribution in [0.25, 0.3) is 0 Å². The number of rotatable bonds is 4. The van der Waals surface area contributed by atoms with Crippen molar-refractivity contribution >= 4 is 34.7 Å². The molecule has 2 N–H and O–H groups in total. The number of benzene rings is 2. The first-order valence-corrected chi connectivity index (χ1v) is 7.55. The van der Waals surface area contributed by atoms with Crippen molar-refractivity contribution in [3.05, 3.63) is 56.7 Å². The number of methoxy groups -OCH3 is 1. The van der Waals surface area contributed by atoms with Crippen LogP contribution in [-0.4, -0.2) is 24.3 Å². The van der Waals surface area contributed by atoms with Crippen LogP contribution in [0.4, 0.5) is 0 Å². The van der Waals surface area contributed by atoms with Crippen molar-refractivity contribution < 1.29 is 14.6 Å². The van der Waals surface area contributed by atoms with Crippen molar-refractivity contribution in [2.24, 2.45) is 5.10 Å². The van der Waals surface area contributed by atoms with Crippen molar-refractivity contribution in [1.29, 1.82) is 0 Å². The molecule has 22 heavy (non-hydrogen) atoms. The minimum absolute atomic E-state index is 0.0871. The van der Waals surface area contributed by atoms with E-state index in [2.05, 4.69) is 10.5 Å². The standard InChI is InChI=1S/C16H15IN2O3/c1-10-4-3-5-12(6-10)16(21)19-18-9-11-7-13(17)15(20)14(8-11)22-2/h3-9,20H,1-2H3,(H,19,21)/b18-9+. The van der Waals surface area contributed by atoms with E-state index in [1.165, 1.54) is 13.3 Å². The number of hydrazone groups is 1. The second kappa shape index (κ2) is 7.26. The minimum Gasteiger partial charge on any atom is -0.504 e. The molecule has 0 heterocycles. The highest BCUT2D eigenvalue weighted by atomic mass is 127. The summed E-state index contributed by atoms with van der Waals surface area (Å²) in [6.45, 7) is 1.92. The topological polar surface area (TPSA) is 70.9 Å². The SMILES string of the molecule is COc1cc(/C=N/NC(=O)c2cccc(C)c2)cc(I)c1O. The highest BCUT2D eigenvalue weighted by Crippen LogP contribution is 2.31. The largest absolute Gasteiger partial charge is 0.504 e. The average Bonchev–Trinajstić information content (AvgIpc) is 2.50. The van der Waals surface area contributed by atoms with Gasteiger partial charge in [0.2, 0.25) is 0 Å². The van der Waals surface area contributed by atoms with E-state index in [1.54, 1.807) is 24.3 Å². The van der Waals surface area contributed by atoms with E-state index in [0.29, 0.717) is 20.4 Å². The van der Waals surface area contributed by atoms with Crippen molar-refractivity contribution in [2.45, 2.75) is 6.92 Å². The number of carbonyl (C=O) groups excluding carboxylic acids is 1. The van der Waals surface area contributed by atoms with E-state index < -0.39 is 0 Å². The molecule has 2 rings (SSSR count). The molecule has 0 bridgehead atoms. The molecule has 2 aromatic carbocycles. The van der Waals surface area contributed by atoms with Crippen LogP contribution < -0.4 is 10.2 Å². The Kier molecular flexibility index (Phi) is 5.37. The van der Waals surface area contributed by atoms with Gasteiger partial charge < -0.3 is 9.84 Å². The lowest BCUT2D eigenvalue weighted by molar-refractivity contribution is 0.0955. The van der Waals surface area contributed by atoms with E-state index in [0.717, 1.165) is 5.56 Å². The van der Waals surface area contributed by atoms with Crippen LogP contribution in [0.1, 0.15) is 21.5 Å². The Morgan fingerprint density at radius 2 is 2.14 bits per heavy atom. The molecular formula is C16H15IN2O3. The number of carbonyl (C=O) groups is 1. The molecule has 1 amide bonds. The second-order valence-corrected chi connectivity index (χ2v) is 5.78. The van der Waals surface area contributed by atoms with E-state index in [1.807, 2.05) is 41.6 Å². The van der Waals surface area contributed by atoms with Crippen molar-refractivity contribution in [3.63, 3.8) is 0 Å². The van der Waals surface area contributed by atoms with Gasteiger partial charge in [0.25, 0.3) is 5.91 Å². The Morgan fingerprint density at radius 1 is 1.36 bits per heavy atom. The summed E-state index contributed by atoms with van der Waals surface area (Å²) in [6, 6.07) is 10.6. The molecule has 0 atom stereocenters. The average molecular weight is 410 g/mol. The maximum Gasteiger partial charge on any atom is 0.271 e. The summed E-state index contributed by atoms with van der Waals surface area (Å²) in [7, 11) is 1.48. The van der Waals surface area contributed by atoms with Gasteiger partial charge in [-0.1, -0.05) is 17.7 Å². The third-order valence-electron chi connectivity index (χ3n) is 2.93. The molecular weight excluding hydrogens is 395 g/mol. The van der Waals surface area contributed by atoms with Gasteiger partial charge in [-0.15, -0.1) is 0 Å². The maximum absolute atomic E-state index is 11.9. The zero-order chi connectivity index (χ0) is 16.1. The Morgan fingerprint density at radius 3 is 2.82 bits per heavy atom. The number of ether oxygens (including phenoxy) is 1. The van der Waals surface area contributed by atoms with Crippen LogP contribution in [0, 0.1) is 10.5 Å². The molecule has 5 nitrogen and oxygen atoms in total. The van der Waals surface area contributed by atoms with Gasteiger partial charge in [0.1, 0.15) is 0 Å². The summed E-state index contributed by atoms with van der Waals surface area (Å²) >= 11 is 2.00. The van der Waals surface area contributed by atoms with Gasteiger partial charge >= 0.3 is 0 Å². The lowest BCUT2D eigenvalue weighted by Gasteiger charge is -2.06. The van der Waals surface area contributed by atoms with Crippen molar-refractivity contribution in [2.75, 3.05) is 7.11 Å². The summed E-state index contributed by atoms with van der Waals surface area (Å²) in [5, 5.41) is 13.7. The van der Waals surface area contributed by atoms with Crippen LogP contribution in [0.2, 0.25) is 0 Å². The third-order valence-corrected chi connectivity index (χ3v) is 3.75. The van der Waals surface area contributed by atoms with Gasteiger partial charge in [0, 0.05) is 5.56 Å². The van der Waals surface area contributed by atoms with E-state index in [9.17, 15) is 9.90 Å². The van der Waals surface area contributed by atoms with E-state index in [-0.39, 0.29) is 11.7 Å². The van der Waals surface area contributed by atoms with Crippen LogP contribution >= 0.6 is 22.6 Å².